The number of nitrogens with one attached hydrogen (secondary N) is 1. The molecule has 0 bridgehead atoms. The summed E-state index contributed by atoms with van der Waals surface area (Å²) in [5.41, 5.74) is 2.99. The Morgan fingerprint density at radius 1 is 1.03 bits per heavy atom. The third-order valence-corrected chi connectivity index (χ3v) is 7.20. The van der Waals surface area contributed by atoms with Crippen molar-refractivity contribution in [3.05, 3.63) is 89.5 Å². The maximum atomic E-state index is 13.3. The molecule has 4 rings (SSSR count). The van der Waals surface area contributed by atoms with Crippen LogP contribution in [0.25, 0.3) is 0 Å². The maximum Gasteiger partial charge on any atom is 0.264 e. The van der Waals surface area contributed by atoms with Gasteiger partial charge in [-0.1, -0.05) is 48.5 Å². The number of rotatable bonds is 7. The van der Waals surface area contributed by atoms with E-state index in [2.05, 4.69) is 5.32 Å². The summed E-state index contributed by atoms with van der Waals surface area (Å²) in [5.74, 6) is -0.0374. The molecule has 0 atom stereocenters. The maximum absolute atomic E-state index is 13.3. The number of anilines is 1. The second kappa shape index (κ2) is 8.81. The first-order chi connectivity index (χ1) is 15.0. The average molecular weight is 437 g/mol. The third-order valence-electron chi connectivity index (χ3n) is 5.39. The summed E-state index contributed by atoms with van der Waals surface area (Å²) in [7, 11) is -2.34. The van der Waals surface area contributed by atoms with Crippen LogP contribution in [0.4, 0.5) is 5.69 Å². The number of para-hydroxylation sites is 1. The highest BCUT2D eigenvalue weighted by Crippen LogP contribution is 2.33. The fourth-order valence-electron chi connectivity index (χ4n) is 3.77. The van der Waals surface area contributed by atoms with Gasteiger partial charge in [0.2, 0.25) is 0 Å². The topological polar surface area (TPSA) is 75.7 Å². The lowest BCUT2D eigenvalue weighted by atomic mass is 10.1. The molecule has 0 saturated carbocycles. The fraction of sp³-hybridized carbons (Fsp3) is 0.208. The highest BCUT2D eigenvalue weighted by Gasteiger charge is 2.31. The second-order valence-electron chi connectivity index (χ2n) is 7.31. The van der Waals surface area contributed by atoms with Crippen molar-refractivity contribution >= 4 is 21.6 Å². The molecule has 0 unspecified atom stereocenters. The number of amides is 1. The van der Waals surface area contributed by atoms with Gasteiger partial charge < -0.3 is 10.1 Å². The average Bonchev–Trinajstić information content (AvgIpc) is 3.24. The summed E-state index contributed by atoms with van der Waals surface area (Å²) in [5, 5.41) is 2.86. The van der Waals surface area contributed by atoms with Crippen LogP contribution in [0.3, 0.4) is 0 Å². The number of fused-ring (bicyclic) bond motifs is 1. The van der Waals surface area contributed by atoms with Gasteiger partial charge in [-0.3, -0.25) is 9.10 Å². The number of methoxy groups -OCH3 is 1. The van der Waals surface area contributed by atoms with Gasteiger partial charge in [0.25, 0.3) is 15.9 Å². The first-order valence-corrected chi connectivity index (χ1v) is 11.6. The summed E-state index contributed by atoms with van der Waals surface area (Å²) >= 11 is 0. The van der Waals surface area contributed by atoms with Gasteiger partial charge in [-0.15, -0.1) is 0 Å². The number of carbonyl (C=O) groups is 1. The Morgan fingerprint density at radius 2 is 1.77 bits per heavy atom. The lowest BCUT2D eigenvalue weighted by Crippen LogP contribution is -2.30. The summed E-state index contributed by atoms with van der Waals surface area (Å²) in [4.78, 5) is 12.9. The van der Waals surface area contributed by atoms with Gasteiger partial charge in [0.15, 0.2) is 0 Å². The van der Waals surface area contributed by atoms with Crippen LogP contribution in [0.2, 0.25) is 0 Å². The Hall–Kier alpha value is -3.32. The molecule has 0 aliphatic carbocycles. The summed E-state index contributed by atoms with van der Waals surface area (Å²) in [6.07, 6.45) is 1.34. The molecule has 1 N–H and O–H groups in total. The van der Waals surface area contributed by atoms with Gasteiger partial charge in [-0.25, -0.2) is 8.42 Å². The van der Waals surface area contributed by atoms with Crippen LogP contribution in [-0.2, 0) is 22.9 Å². The van der Waals surface area contributed by atoms with Crippen LogP contribution in [0.1, 0.15) is 21.5 Å². The molecule has 1 aliphatic rings. The number of sulfonamides is 1. The van der Waals surface area contributed by atoms with E-state index in [1.807, 2.05) is 48.5 Å². The largest absolute Gasteiger partial charge is 0.496 e. The Bertz CT molecular complexity index is 1190. The van der Waals surface area contributed by atoms with Crippen molar-refractivity contribution in [3.8, 4) is 5.75 Å². The van der Waals surface area contributed by atoms with E-state index in [1.54, 1.807) is 6.07 Å². The van der Waals surface area contributed by atoms with E-state index in [1.165, 1.54) is 29.6 Å². The van der Waals surface area contributed by atoms with E-state index < -0.39 is 10.0 Å². The van der Waals surface area contributed by atoms with E-state index in [0.717, 1.165) is 11.1 Å². The molecular weight excluding hydrogens is 412 g/mol. The van der Waals surface area contributed by atoms with Crippen molar-refractivity contribution < 1.29 is 17.9 Å². The molecule has 0 aromatic heterocycles. The smallest absolute Gasteiger partial charge is 0.264 e. The van der Waals surface area contributed by atoms with Crippen molar-refractivity contribution in [3.63, 3.8) is 0 Å². The van der Waals surface area contributed by atoms with Crippen LogP contribution >= 0.6 is 0 Å². The van der Waals surface area contributed by atoms with Crippen LogP contribution in [0, 0.1) is 0 Å². The molecule has 31 heavy (non-hydrogen) atoms. The molecule has 3 aromatic carbocycles. The molecule has 1 amide bonds. The van der Waals surface area contributed by atoms with Gasteiger partial charge in [0.1, 0.15) is 5.75 Å². The van der Waals surface area contributed by atoms with E-state index in [9.17, 15) is 13.2 Å². The number of ether oxygens (including phenoxy) is 1. The molecule has 6 nitrogen and oxygen atoms in total. The fourth-order valence-corrected chi connectivity index (χ4v) is 5.30. The van der Waals surface area contributed by atoms with Crippen LogP contribution in [-0.4, -0.2) is 34.5 Å². The van der Waals surface area contributed by atoms with Gasteiger partial charge in [-0.05, 0) is 48.2 Å². The Kier molecular flexibility index (Phi) is 5.95. The number of hydrogen-bond acceptors (Lipinski definition) is 4. The minimum absolute atomic E-state index is 0.0678. The molecular formula is C24H24N2O4S. The highest BCUT2D eigenvalue weighted by atomic mass is 32.2. The zero-order valence-corrected chi connectivity index (χ0v) is 18.1. The lowest BCUT2D eigenvalue weighted by Gasteiger charge is -2.20. The molecule has 0 radical (unpaired) electrons. The van der Waals surface area contributed by atoms with Gasteiger partial charge in [0, 0.05) is 13.1 Å². The molecule has 1 aliphatic heterocycles. The minimum atomic E-state index is -3.80. The van der Waals surface area contributed by atoms with E-state index in [0.29, 0.717) is 37.4 Å². The molecule has 0 fully saturated rings. The molecule has 3 aromatic rings. The summed E-state index contributed by atoms with van der Waals surface area (Å²) < 4.78 is 33.4. The Balaban J connectivity index is 1.56. The van der Waals surface area contributed by atoms with Crippen molar-refractivity contribution in [1.82, 2.24) is 5.32 Å². The van der Waals surface area contributed by atoms with Gasteiger partial charge >= 0.3 is 0 Å². The van der Waals surface area contributed by atoms with E-state index >= 15 is 0 Å². The molecule has 7 heteroatoms. The summed E-state index contributed by atoms with van der Waals surface area (Å²) in [6, 6.07) is 21.7. The predicted molar refractivity (Wildman–Crippen MR) is 120 cm³/mol. The van der Waals surface area contributed by atoms with Crippen molar-refractivity contribution in [2.75, 3.05) is 24.5 Å². The third kappa shape index (κ3) is 4.27. The predicted octanol–water partition coefficient (Wildman–Crippen LogP) is 3.42. The first kappa shape index (κ1) is 20.9. The van der Waals surface area contributed by atoms with Gasteiger partial charge in [0.05, 0.1) is 23.3 Å². The lowest BCUT2D eigenvalue weighted by molar-refractivity contribution is 0.0951. The second-order valence-corrected chi connectivity index (χ2v) is 9.17. The van der Waals surface area contributed by atoms with E-state index in [4.69, 9.17) is 4.74 Å². The van der Waals surface area contributed by atoms with Crippen molar-refractivity contribution in [2.24, 2.45) is 0 Å². The Labute approximate surface area is 182 Å². The monoisotopic (exact) mass is 436 g/mol. The minimum Gasteiger partial charge on any atom is -0.496 e. The quantitative estimate of drug-likeness (QED) is 0.616. The number of nitrogens with zero attached hydrogens (tertiary/aromatic N) is 1. The van der Waals surface area contributed by atoms with Gasteiger partial charge in [-0.2, -0.15) is 0 Å². The molecule has 0 saturated heterocycles. The number of carbonyl (C=O) groups excluding carboxylic acids is 1. The zero-order chi connectivity index (χ0) is 21.8. The zero-order valence-electron chi connectivity index (χ0n) is 17.2. The number of hydrogen-bond donors (Lipinski definition) is 1. The van der Waals surface area contributed by atoms with E-state index in [-0.39, 0.29) is 16.4 Å². The first-order valence-electron chi connectivity index (χ1n) is 10.1. The highest BCUT2D eigenvalue weighted by molar-refractivity contribution is 7.92. The normalized spacial score (nSPS) is 13.0. The number of benzene rings is 3. The molecule has 0 spiro atoms. The van der Waals surface area contributed by atoms with Crippen molar-refractivity contribution in [2.45, 2.75) is 17.7 Å². The SMILES string of the molecule is COc1ccc(S(=O)(=O)N2CCc3ccccc32)cc1C(=O)NCCc1ccccc1. The summed E-state index contributed by atoms with van der Waals surface area (Å²) in [6.45, 7) is 0.814. The van der Waals surface area contributed by atoms with Crippen LogP contribution in [0.15, 0.2) is 77.7 Å². The Morgan fingerprint density at radius 3 is 2.55 bits per heavy atom. The van der Waals surface area contributed by atoms with Crippen LogP contribution < -0.4 is 14.4 Å². The van der Waals surface area contributed by atoms with Crippen molar-refractivity contribution in [1.29, 1.82) is 0 Å². The molecule has 160 valence electrons. The van der Waals surface area contributed by atoms with Crippen LogP contribution in [0.5, 0.6) is 5.75 Å². The standard InChI is InChI=1S/C24H24N2O4S/c1-30-23-12-11-20(31(28,29)26-16-14-19-9-5-6-10-22(19)26)17-21(23)24(27)25-15-13-18-7-3-2-4-8-18/h2-12,17H,13-16H2,1H3,(H,25,27). The molecule has 1 heterocycles.